The summed E-state index contributed by atoms with van der Waals surface area (Å²) in [6.45, 7) is 8.82. The maximum Gasteiger partial charge on any atom is 0.407 e. The van der Waals surface area contributed by atoms with Crippen molar-refractivity contribution < 1.29 is 28.7 Å². The van der Waals surface area contributed by atoms with Crippen molar-refractivity contribution in [3.8, 4) is 33.6 Å². The van der Waals surface area contributed by atoms with E-state index in [1.54, 1.807) is 23.2 Å². The van der Waals surface area contributed by atoms with Gasteiger partial charge < -0.3 is 39.9 Å². The number of pyridine rings is 1. The van der Waals surface area contributed by atoms with E-state index in [1.165, 1.54) is 14.2 Å². The molecule has 2 saturated heterocycles. The van der Waals surface area contributed by atoms with Gasteiger partial charge in [-0.3, -0.25) is 14.6 Å². The molecule has 0 aliphatic carbocycles. The molecule has 59 heavy (non-hydrogen) atoms. The minimum absolute atomic E-state index is 0.0853. The number of amides is 3. The van der Waals surface area contributed by atoms with E-state index in [1.807, 2.05) is 38.8 Å². The molecule has 2 aliphatic rings. The number of rotatable bonds is 13. The van der Waals surface area contributed by atoms with Gasteiger partial charge in [-0.05, 0) is 66.3 Å². The van der Waals surface area contributed by atoms with Crippen molar-refractivity contribution in [3.05, 3.63) is 84.7 Å². The van der Waals surface area contributed by atoms with Gasteiger partial charge in [-0.1, -0.05) is 64.1 Å². The number of carbonyl (C=O) groups is 3. The molecule has 15 nitrogen and oxygen atoms in total. The van der Waals surface area contributed by atoms with Crippen molar-refractivity contribution in [2.75, 3.05) is 27.3 Å². The van der Waals surface area contributed by atoms with E-state index < -0.39 is 18.2 Å². The van der Waals surface area contributed by atoms with Crippen molar-refractivity contribution in [1.82, 2.24) is 45.4 Å². The standard InChI is InChI=1S/C44H51N9O6/c1-25(2)38(50-37(24-54)58-5)42(55)52-17-7-9-35(52)40-46-22-33(48-40)28-13-11-27(12-14-28)29-15-16-30-19-31(21-45-32(30)20-29)34-23-47-41(49-34)36-10-8-18-53(36)43(56)39(26(3)4)51-44(57)59-6/h11-16,19-23,25-26,35-36,38-39,50H,7-10,17-18H2,1-6H3,(H,46,48)(H,47,49)(H,51,57)/t35-,36-,38-,39-/m0/s1. The first kappa shape index (κ1) is 40.7. The van der Waals surface area contributed by atoms with E-state index in [0.717, 1.165) is 76.1 Å². The summed E-state index contributed by atoms with van der Waals surface area (Å²) in [5, 5.41) is 6.59. The van der Waals surface area contributed by atoms with E-state index in [4.69, 9.17) is 19.4 Å². The minimum Gasteiger partial charge on any atom is -0.474 e. The van der Waals surface area contributed by atoms with Crippen LogP contribution in [0.5, 0.6) is 0 Å². The first-order valence-electron chi connectivity index (χ1n) is 20.1. The number of fused-ring (bicyclic) bond motifs is 1. The fourth-order valence-electron chi connectivity index (χ4n) is 8.07. The molecule has 5 aromatic rings. The summed E-state index contributed by atoms with van der Waals surface area (Å²) in [6, 6.07) is 14.8. The molecule has 3 aromatic heterocycles. The first-order chi connectivity index (χ1) is 28.5. The molecule has 4 atom stereocenters. The molecule has 5 heterocycles. The fourth-order valence-corrected chi connectivity index (χ4v) is 8.07. The first-order valence-corrected chi connectivity index (χ1v) is 20.1. The van der Waals surface area contributed by atoms with Crippen LogP contribution >= 0.6 is 0 Å². The van der Waals surface area contributed by atoms with Gasteiger partial charge in [-0.15, -0.1) is 0 Å². The van der Waals surface area contributed by atoms with Crippen LogP contribution in [-0.2, 0) is 23.9 Å². The molecule has 15 heteroatoms. The van der Waals surface area contributed by atoms with Crippen LogP contribution in [0.1, 0.15) is 77.1 Å². The van der Waals surface area contributed by atoms with Gasteiger partial charge in [0.15, 0.2) is 5.94 Å². The number of ether oxygens (including phenoxy) is 2. The molecule has 2 fully saturated rings. The summed E-state index contributed by atoms with van der Waals surface area (Å²) in [6.07, 6.45) is 8.01. The number of likely N-dealkylation sites (tertiary alicyclic amines) is 2. The van der Waals surface area contributed by atoms with Gasteiger partial charge in [-0.25, -0.2) is 19.6 Å². The third kappa shape index (κ3) is 8.56. The molecule has 3 amide bonds. The number of hydrogen-bond acceptors (Lipinski definition) is 10. The number of nitrogens with one attached hydrogen (secondary N) is 4. The van der Waals surface area contributed by atoms with E-state index >= 15 is 0 Å². The number of imidazole rings is 2. The van der Waals surface area contributed by atoms with Crippen molar-refractivity contribution in [2.45, 2.75) is 77.5 Å². The molecule has 2 aliphatic heterocycles. The highest BCUT2D eigenvalue weighted by Gasteiger charge is 2.39. The van der Waals surface area contributed by atoms with Crippen molar-refractivity contribution in [1.29, 1.82) is 0 Å². The number of alkyl carbamates (subject to hydrolysis) is 1. The number of benzene rings is 2. The zero-order valence-electron chi connectivity index (χ0n) is 34.2. The molecular formula is C44H51N9O6. The Kier molecular flexibility index (Phi) is 12.1. The lowest BCUT2D eigenvalue weighted by molar-refractivity contribution is -0.136. The Balaban J connectivity index is 1.02. The second-order valence-corrected chi connectivity index (χ2v) is 15.8. The molecule has 0 unspecified atom stereocenters. The average Bonchev–Trinajstić information content (AvgIpc) is 4.09. The van der Waals surface area contributed by atoms with E-state index in [0.29, 0.717) is 18.9 Å². The molecule has 0 radical (unpaired) electrons. The SMILES string of the molecule is COC(=O)N[C@H](C(=O)N1CCC[C@H]1c1ncc(-c2cnc3cc(-c4ccc(-c5cnc([C@@H]6CCCN6C(=O)[C@@H](NC(=C=O)OC)C(C)C)[nH]5)cc4)ccc3c2)[nH]1)C(C)C. The lowest BCUT2D eigenvalue weighted by Crippen LogP contribution is -2.51. The zero-order valence-corrected chi connectivity index (χ0v) is 34.2. The number of hydrogen-bond donors (Lipinski definition) is 4. The number of aromatic amines is 2. The van der Waals surface area contributed by atoms with Crippen LogP contribution < -0.4 is 10.6 Å². The Bertz CT molecular complexity index is 2360. The molecular weight excluding hydrogens is 751 g/mol. The molecule has 0 saturated carbocycles. The van der Waals surface area contributed by atoms with Gasteiger partial charge in [-0.2, -0.15) is 0 Å². The molecule has 4 N–H and O–H groups in total. The summed E-state index contributed by atoms with van der Waals surface area (Å²) in [4.78, 5) is 75.2. The van der Waals surface area contributed by atoms with E-state index in [2.05, 4.69) is 74.1 Å². The fraction of sp³-hybridized carbons (Fsp3) is 0.409. The summed E-state index contributed by atoms with van der Waals surface area (Å²) in [7, 11) is 2.66. The third-order valence-corrected chi connectivity index (χ3v) is 11.3. The Hall–Kier alpha value is -6.47. The number of H-pyrrole nitrogens is 2. The van der Waals surface area contributed by atoms with Crippen LogP contribution in [0, 0.1) is 11.8 Å². The molecule has 308 valence electrons. The van der Waals surface area contributed by atoms with Crippen LogP contribution in [0.3, 0.4) is 0 Å². The highest BCUT2D eigenvalue weighted by atomic mass is 16.5. The van der Waals surface area contributed by atoms with Crippen LogP contribution in [0.2, 0.25) is 0 Å². The number of aromatic nitrogens is 5. The highest BCUT2D eigenvalue weighted by molar-refractivity contribution is 5.88. The molecule has 0 spiro atoms. The monoisotopic (exact) mass is 801 g/mol. The predicted molar refractivity (Wildman–Crippen MR) is 222 cm³/mol. The van der Waals surface area contributed by atoms with Crippen LogP contribution in [-0.4, -0.2) is 98.0 Å². The summed E-state index contributed by atoms with van der Waals surface area (Å²) in [5.41, 5.74) is 6.43. The predicted octanol–water partition coefficient (Wildman–Crippen LogP) is 6.32. The van der Waals surface area contributed by atoms with Gasteiger partial charge in [0.25, 0.3) is 5.88 Å². The van der Waals surface area contributed by atoms with Gasteiger partial charge >= 0.3 is 6.09 Å². The maximum atomic E-state index is 13.7. The largest absolute Gasteiger partial charge is 0.474 e. The Morgan fingerprint density at radius 1 is 0.695 bits per heavy atom. The van der Waals surface area contributed by atoms with Crippen LogP contribution in [0.25, 0.3) is 44.5 Å². The van der Waals surface area contributed by atoms with Crippen LogP contribution in [0.4, 0.5) is 4.79 Å². The Morgan fingerprint density at radius 2 is 1.24 bits per heavy atom. The quantitative estimate of drug-likeness (QED) is 0.0775. The summed E-state index contributed by atoms with van der Waals surface area (Å²) < 4.78 is 9.80. The van der Waals surface area contributed by atoms with Crippen LogP contribution in [0.15, 0.2) is 73.0 Å². The van der Waals surface area contributed by atoms with Gasteiger partial charge in [0.05, 0.1) is 55.6 Å². The average molecular weight is 802 g/mol. The van der Waals surface area contributed by atoms with Crippen molar-refractivity contribution >= 4 is 34.8 Å². The molecule has 2 aromatic carbocycles. The third-order valence-electron chi connectivity index (χ3n) is 11.3. The second-order valence-electron chi connectivity index (χ2n) is 15.8. The topological polar surface area (TPSA) is 188 Å². The Morgan fingerprint density at radius 3 is 1.78 bits per heavy atom. The number of nitrogens with zero attached hydrogens (tertiary/aromatic N) is 5. The Labute approximate surface area is 343 Å². The molecule has 7 rings (SSSR count). The van der Waals surface area contributed by atoms with Gasteiger partial charge in [0.1, 0.15) is 23.7 Å². The summed E-state index contributed by atoms with van der Waals surface area (Å²) >= 11 is 0. The minimum atomic E-state index is -0.699. The normalized spacial score (nSPS) is 17.6. The number of carbonyl (C=O) groups excluding carboxylic acids is 4. The smallest absolute Gasteiger partial charge is 0.407 e. The maximum absolute atomic E-state index is 13.7. The highest BCUT2D eigenvalue weighted by Crippen LogP contribution is 2.35. The van der Waals surface area contributed by atoms with Crippen molar-refractivity contribution in [2.24, 2.45) is 11.8 Å². The number of methoxy groups -OCH3 is 2. The second kappa shape index (κ2) is 17.6. The van der Waals surface area contributed by atoms with Gasteiger partial charge in [0, 0.05) is 30.2 Å². The summed E-state index contributed by atoms with van der Waals surface area (Å²) in [5.74, 6) is 2.59. The van der Waals surface area contributed by atoms with Crippen molar-refractivity contribution in [3.63, 3.8) is 0 Å². The van der Waals surface area contributed by atoms with Gasteiger partial charge in [0.2, 0.25) is 11.8 Å². The van der Waals surface area contributed by atoms with E-state index in [-0.39, 0.29) is 41.6 Å². The molecule has 0 bridgehead atoms. The lowest BCUT2D eigenvalue weighted by Gasteiger charge is -2.30. The lowest BCUT2D eigenvalue weighted by atomic mass is 10.0. The van der Waals surface area contributed by atoms with E-state index in [9.17, 15) is 19.2 Å². The zero-order chi connectivity index (χ0) is 41.8.